The number of benzene rings is 2. The molecule has 1 amide bonds. The van der Waals surface area contributed by atoms with Crippen molar-refractivity contribution in [2.75, 3.05) is 19.4 Å². The van der Waals surface area contributed by atoms with Crippen LogP contribution in [0, 0.1) is 16.7 Å². The summed E-state index contributed by atoms with van der Waals surface area (Å²) in [7, 11) is 3.44. The van der Waals surface area contributed by atoms with Crippen LogP contribution in [0.25, 0.3) is 0 Å². The highest BCUT2D eigenvalue weighted by Crippen LogP contribution is 2.30. The number of aromatic nitrogens is 2. The average Bonchev–Trinajstić information content (AvgIpc) is 3.25. The zero-order valence-electron chi connectivity index (χ0n) is 19.7. The number of amides is 1. The van der Waals surface area contributed by atoms with Gasteiger partial charge in [-0.1, -0.05) is 35.8 Å². The lowest BCUT2D eigenvalue weighted by Gasteiger charge is -2.15. The van der Waals surface area contributed by atoms with Crippen LogP contribution in [0.3, 0.4) is 0 Å². The smallest absolute Gasteiger partial charge is 0.320 e. The Morgan fingerprint density at radius 3 is 2.69 bits per heavy atom. The molecule has 1 unspecified atom stereocenters. The van der Waals surface area contributed by atoms with Gasteiger partial charge in [-0.15, -0.1) is 5.10 Å². The van der Waals surface area contributed by atoms with Gasteiger partial charge in [0.05, 0.1) is 23.4 Å². The van der Waals surface area contributed by atoms with Crippen LogP contribution in [0.15, 0.2) is 69.6 Å². The molecule has 1 aliphatic rings. The van der Waals surface area contributed by atoms with E-state index in [1.54, 1.807) is 56.6 Å². The Labute approximate surface area is 203 Å². The van der Waals surface area contributed by atoms with E-state index >= 15 is 0 Å². The molecule has 0 radical (unpaired) electrons. The molecule has 2 N–H and O–H groups in total. The molecule has 1 aliphatic heterocycles. The molecule has 1 atom stereocenters. The maximum atomic E-state index is 12.2. The van der Waals surface area contributed by atoms with Gasteiger partial charge in [-0.2, -0.15) is 5.26 Å². The zero-order chi connectivity index (χ0) is 24.9. The number of hydrogen-bond acceptors (Lipinski definition) is 8. The van der Waals surface area contributed by atoms with Crippen LogP contribution >= 0.6 is 0 Å². The third-order valence-electron chi connectivity index (χ3n) is 5.62. The fourth-order valence-corrected chi connectivity index (χ4v) is 3.73. The minimum Gasteiger partial charge on any atom is -0.401 e. The fourth-order valence-electron chi connectivity index (χ4n) is 3.73. The van der Waals surface area contributed by atoms with Gasteiger partial charge in [-0.05, 0) is 54.8 Å². The van der Waals surface area contributed by atoms with Gasteiger partial charge < -0.3 is 14.6 Å². The number of rotatable bonds is 6. The molecule has 2 heterocycles. The summed E-state index contributed by atoms with van der Waals surface area (Å²) in [6.07, 6.45) is 3.23. The first-order chi connectivity index (χ1) is 16.9. The van der Waals surface area contributed by atoms with Crippen molar-refractivity contribution in [3.05, 3.63) is 82.8 Å². The molecule has 0 fully saturated rings. The standard InChI is InChI=1S/C26H25N7O2/c1-4-16-13-21(28)23(24-31-32-26(35-24)29-20-7-5-6-17(12-20)15-27)30-22(14-16)18-8-10-19(11-9-18)25(34)33(2)3/h5-13,22,28H,4,14H2,1-3H3,(H,29,32). The second-order valence-electron chi connectivity index (χ2n) is 8.32. The van der Waals surface area contributed by atoms with Crippen molar-refractivity contribution in [3.63, 3.8) is 0 Å². The number of nitriles is 1. The highest BCUT2D eigenvalue weighted by atomic mass is 16.4. The molecule has 4 rings (SSSR count). The Kier molecular flexibility index (Phi) is 6.83. The van der Waals surface area contributed by atoms with Gasteiger partial charge >= 0.3 is 6.01 Å². The highest BCUT2D eigenvalue weighted by molar-refractivity contribution is 6.50. The van der Waals surface area contributed by atoms with Gasteiger partial charge in [-0.25, -0.2) is 0 Å². The van der Waals surface area contributed by atoms with E-state index in [1.807, 2.05) is 19.1 Å². The topological polar surface area (TPSA) is 131 Å². The lowest BCUT2D eigenvalue weighted by Crippen LogP contribution is -2.21. The van der Waals surface area contributed by atoms with Crippen molar-refractivity contribution < 1.29 is 9.21 Å². The van der Waals surface area contributed by atoms with Crippen molar-refractivity contribution in [3.8, 4) is 6.07 Å². The molecular weight excluding hydrogens is 442 g/mol. The molecule has 1 aromatic heterocycles. The quantitative estimate of drug-likeness (QED) is 0.541. The monoisotopic (exact) mass is 467 g/mol. The fraction of sp³-hybridized carbons (Fsp3) is 0.231. The molecule has 0 aliphatic carbocycles. The predicted molar refractivity (Wildman–Crippen MR) is 133 cm³/mol. The van der Waals surface area contributed by atoms with E-state index in [1.165, 1.54) is 4.90 Å². The average molecular weight is 468 g/mol. The third kappa shape index (κ3) is 5.33. The van der Waals surface area contributed by atoms with Gasteiger partial charge in [0.1, 0.15) is 5.71 Å². The Morgan fingerprint density at radius 2 is 2.00 bits per heavy atom. The van der Waals surface area contributed by atoms with E-state index in [2.05, 4.69) is 21.6 Å². The minimum absolute atomic E-state index is 0.0660. The largest absolute Gasteiger partial charge is 0.401 e. The lowest BCUT2D eigenvalue weighted by atomic mass is 9.97. The number of nitrogens with one attached hydrogen (secondary N) is 2. The molecule has 0 bridgehead atoms. The molecule has 0 spiro atoms. The Bertz CT molecular complexity index is 1360. The molecule has 9 heteroatoms. The minimum atomic E-state index is -0.266. The summed E-state index contributed by atoms with van der Waals surface area (Å²) in [4.78, 5) is 18.6. The van der Waals surface area contributed by atoms with E-state index in [0.29, 0.717) is 28.9 Å². The Morgan fingerprint density at radius 1 is 1.23 bits per heavy atom. The van der Waals surface area contributed by atoms with Crippen LogP contribution in [0.4, 0.5) is 11.7 Å². The first-order valence-electron chi connectivity index (χ1n) is 11.2. The Hall–Kier alpha value is -4.58. The van der Waals surface area contributed by atoms with Gasteiger partial charge in [-0.3, -0.25) is 15.2 Å². The predicted octanol–water partition coefficient (Wildman–Crippen LogP) is 4.68. The first-order valence-corrected chi connectivity index (χ1v) is 11.2. The van der Waals surface area contributed by atoms with Crippen LogP contribution in [-0.4, -0.2) is 46.5 Å². The molecule has 3 aromatic rings. The summed E-state index contributed by atoms with van der Waals surface area (Å²) in [6, 6.07) is 16.2. The molecule has 2 aromatic carbocycles. The third-order valence-corrected chi connectivity index (χ3v) is 5.62. The van der Waals surface area contributed by atoms with Crippen LogP contribution in [-0.2, 0) is 0 Å². The first kappa shape index (κ1) is 23.6. The molecule has 0 saturated heterocycles. The molecule has 9 nitrogen and oxygen atoms in total. The number of allylic oxidation sites excluding steroid dienone is 1. The maximum absolute atomic E-state index is 12.2. The van der Waals surface area contributed by atoms with Crippen LogP contribution < -0.4 is 5.32 Å². The van der Waals surface area contributed by atoms with E-state index in [0.717, 1.165) is 17.6 Å². The molecule has 35 heavy (non-hydrogen) atoms. The normalized spacial score (nSPS) is 15.5. The van der Waals surface area contributed by atoms with Gasteiger partial charge in [0.15, 0.2) is 0 Å². The zero-order valence-corrected chi connectivity index (χ0v) is 19.7. The molecular formula is C26H25N7O2. The van der Waals surface area contributed by atoms with Crippen LogP contribution in [0.5, 0.6) is 0 Å². The number of carbonyl (C=O) groups excluding carboxylic acids is 1. The second kappa shape index (κ2) is 10.1. The number of carbonyl (C=O) groups is 1. The van der Waals surface area contributed by atoms with Crippen molar-refractivity contribution in [1.29, 1.82) is 10.7 Å². The molecule has 0 saturated carbocycles. The summed E-state index contributed by atoms with van der Waals surface area (Å²) in [6.45, 7) is 2.05. The van der Waals surface area contributed by atoms with E-state index in [4.69, 9.17) is 20.1 Å². The van der Waals surface area contributed by atoms with Crippen molar-refractivity contribution in [2.45, 2.75) is 25.8 Å². The van der Waals surface area contributed by atoms with Gasteiger partial charge in [0.25, 0.3) is 11.8 Å². The van der Waals surface area contributed by atoms with E-state index in [9.17, 15) is 4.79 Å². The van der Waals surface area contributed by atoms with Crippen molar-refractivity contribution >= 4 is 29.0 Å². The van der Waals surface area contributed by atoms with Gasteiger partial charge in [0.2, 0.25) is 0 Å². The second-order valence-corrected chi connectivity index (χ2v) is 8.32. The summed E-state index contributed by atoms with van der Waals surface area (Å²) >= 11 is 0. The van der Waals surface area contributed by atoms with E-state index in [-0.39, 0.29) is 29.6 Å². The highest BCUT2D eigenvalue weighted by Gasteiger charge is 2.24. The number of hydrogen-bond donors (Lipinski definition) is 2. The number of anilines is 2. The summed E-state index contributed by atoms with van der Waals surface area (Å²) in [5.74, 6) is 0.0654. The summed E-state index contributed by atoms with van der Waals surface area (Å²) in [5.41, 5.74) is 4.25. The number of aliphatic imine (C=N–C) groups is 1. The molecule has 176 valence electrons. The van der Waals surface area contributed by atoms with E-state index < -0.39 is 0 Å². The van der Waals surface area contributed by atoms with Gasteiger partial charge in [0, 0.05) is 25.3 Å². The lowest BCUT2D eigenvalue weighted by molar-refractivity contribution is 0.0827. The summed E-state index contributed by atoms with van der Waals surface area (Å²) in [5, 5.41) is 28.8. The van der Waals surface area contributed by atoms with Crippen LogP contribution in [0.2, 0.25) is 0 Å². The SMILES string of the molecule is CCC1=CC(=N)C(c2nnc(Nc3cccc(C#N)c3)o2)=NC(c2ccc(C(=O)N(C)C)cc2)C1. The Balaban J connectivity index is 1.64. The number of nitrogens with zero attached hydrogens (tertiary/aromatic N) is 5. The maximum Gasteiger partial charge on any atom is 0.320 e. The van der Waals surface area contributed by atoms with Crippen LogP contribution in [0.1, 0.15) is 53.2 Å². The summed E-state index contributed by atoms with van der Waals surface area (Å²) < 4.78 is 5.79. The van der Waals surface area contributed by atoms with Crippen molar-refractivity contribution in [2.24, 2.45) is 4.99 Å². The van der Waals surface area contributed by atoms with Crippen molar-refractivity contribution in [1.82, 2.24) is 15.1 Å².